The summed E-state index contributed by atoms with van der Waals surface area (Å²) in [5.74, 6) is 1.45. The van der Waals surface area contributed by atoms with Gasteiger partial charge < -0.3 is 4.74 Å². The van der Waals surface area contributed by atoms with Gasteiger partial charge in [-0.15, -0.1) is 0 Å². The van der Waals surface area contributed by atoms with Crippen molar-refractivity contribution in [2.45, 2.75) is 117 Å². The van der Waals surface area contributed by atoms with Crippen LogP contribution in [-0.4, -0.2) is 9.97 Å². The van der Waals surface area contributed by atoms with E-state index in [1.807, 2.05) is 0 Å². The van der Waals surface area contributed by atoms with Gasteiger partial charge in [0.15, 0.2) is 11.6 Å². The summed E-state index contributed by atoms with van der Waals surface area (Å²) in [6, 6.07) is 17.5. The van der Waals surface area contributed by atoms with E-state index in [4.69, 9.17) is 4.74 Å². The van der Waals surface area contributed by atoms with E-state index in [2.05, 4.69) is 72.3 Å². The van der Waals surface area contributed by atoms with Gasteiger partial charge in [-0.2, -0.15) is 0 Å². The molecule has 0 atom stereocenters. The Labute approximate surface area is 226 Å². The quantitative estimate of drug-likeness (QED) is 0.154. The molecule has 0 N–H and O–H groups in total. The summed E-state index contributed by atoms with van der Waals surface area (Å²) in [5, 5.41) is 0. The maximum Gasteiger partial charge on any atom is 0.159 e. The molecule has 0 saturated heterocycles. The topological polar surface area (TPSA) is 35.0 Å². The fraction of sp³-hybridized carbons (Fsp3) is 0.529. The van der Waals surface area contributed by atoms with E-state index < -0.39 is 0 Å². The zero-order chi connectivity index (χ0) is 26.0. The van der Waals surface area contributed by atoms with E-state index in [1.165, 1.54) is 107 Å². The second-order valence-corrected chi connectivity index (χ2v) is 10.4. The van der Waals surface area contributed by atoms with Crippen LogP contribution in [0.4, 0.5) is 0 Å². The molecule has 0 saturated carbocycles. The first kappa shape index (κ1) is 28.9. The van der Waals surface area contributed by atoms with E-state index in [1.54, 1.807) is 12.4 Å². The second kappa shape index (κ2) is 17.7. The minimum atomic E-state index is 0.535. The van der Waals surface area contributed by atoms with Crippen LogP contribution in [0, 0.1) is 0 Å². The Morgan fingerprint density at radius 1 is 0.514 bits per heavy atom. The molecule has 0 aliphatic carbocycles. The van der Waals surface area contributed by atoms with Gasteiger partial charge in [0.2, 0.25) is 0 Å². The number of aromatic nitrogens is 2. The van der Waals surface area contributed by atoms with Crippen LogP contribution in [0.25, 0.3) is 11.4 Å². The number of unbranched alkanes of at least 4 members (excludes halogenated alkanes) is 11. The minimum absolute atomic E-state index is 0.535. The van der Waals surface area contributed by atoms with Gasteiger partial charge in [0.05, 0.1) is 12.4 Å². The van der Waals surface area contributed by atoms with Crippen LogP contribution < -0.4 is 4.74 Å². The third kappa shape index (κ3) is 11.5. The molecule has 1 heterocycles. The molecule has 0 amide bonds. The van der Waals surface area contributed by atoms with Gasteiger partial charge in [-0.05, 0) is 42.4 Å². The highest BCUT2D eigenvalue weighted by molar-refractivity contribution is 5.55. The van der Waals surface area contributed by atoms with E-state index in [-0.39, 0.29) is 0 Å². The zero-order valence-electron chi connectivity index (χ0n) is 23.4. The van der Waals surface area contributed by atoms with Gasteiger partial charge >= 0.3 is 0 Å². The van der Waals surface area contributed by atoms with Crippen molar-refractivity contribution in [2.75, 3.05) is 0 Å². The molecule has 0 unspecified atom stereocenters. The zero-order valence-corrected chi connectivity index (χ0v) is 23.4. The Balaban J connectivity index is 1.35. The summed E-state index contributed by atoms with van der Waals surface area (Å²) in [6.45, 7) is 5.07. The lowest BCUT2D eigenvalue weighted by Gasteiger charge is -2.08. The average molecular weight is 501 g/mol. The minimum Gasteiger partial charge on any atom is -0.486 e. The molecule has 200 valence electrons. The number of ether oxygens (including phenoxy) is 1. The third-order valence-electron chi connectivity index (χ3n) is 7.16. The van der Waals surface area contributed by atoms with Crippen molar-refractivity contribution in [3.05, 3.63) is 77.6 Å². The molecule has 1 aromatic heterocycles. The normalized spacial score (nSPS) is 11.1. The highest BCUT2D eigenvalue weighted by Gasteiger charge is 2.04. The molecule has 3 heteroatoms. The van der Waals surface area contributed by atoms with Crippen molar-refractivity contribution in [2.24, 2.45) is 0 Å². The summed E-state index contributed by atoms with van der Waals surface area (Å²) < 4.78 is 5.94. The molecule has 3 nitrogen and oxygen atoms in total. The van der Waals surface area contributed by atoms with Crippen molar-refractivity contribution in [3.63, 3.8) is 0 Å². The molecule has 0 aliphatic heterocycles. The standard InChI is InChI=1S/C34H48N2O/c1-3-5-7-9-10-11-13-15-16-29-18-20-31(21-19-29)28-37-33-26-35-34(36-27-33)32-24-22-30(23-25-32)17-14-12-8-6-4-2/h18-27H,3-17,28H2,1-2H3. The SMILES string of the molecule is CCCCCCCCCCc1ccc(COc2cnc(-c3ccc(CCCCCCC)cc3)nc2)cc1. The first-order chi connectivity index (χ1) is 18.3. The van der Waals surface area contributed by atoms with E-state index in [0.29, 0.717) is 12.4 Å². The number of rotatable bonds is 19. The summed E-state index contributed by atoms with van der Waals surface area (Å²) >= 11 is 0. The average Bonchev–Trinajstić information content (AvgIpc) is 2.94. The summed E-state index contributed by atoms with van der Waals surface area (Å²) in [5.41, 5.74) is 5.04. The van der Waals surface area contributed by atoms with Gasteiger partial charge in [0.1, 0.15) is 6.61 Å². The molecule has 0 spiro atoms. The van der Waals surface area contributed by atoms with Crippen LogP contribution in [0.1, 0.15) is 114 Å². The molecule has 3 aromatic rings. The first-order valence-electron chi connectivity index (χ1n) is 14.9. The Kier molecular flexibility index (Phi) is 13.8. The fourth-order valence-corrected chi connectivity index (χ4v) is 4.72. The molecule has 0 fully saturated rings. The van der Waals surface area contributed by atoms with E-state index >= 15 is 0 Å². The van der Waals surface area contributed by atoms with Crippen molar-refractivity contribution in [3.8, 4) is 17.1 Å². The lowest BCUT2D eigenvalue weighted by molar-refractivity contribution is 0.303. The van der Waals surface area contributed by atoms with Crippen LogP contribution in [0.15, 0.2) is 60.9 Å². The molecular weight excluding hydrogens is 452 g/mol. The summed E-state index contributed by atoms with van der Waals surface area (Å²) in [7, 11) is 0. The van der Waals surface area contributed by atoms with E-state index in [9.17, 15) is 0 Å². The van der Waals surface area contributed by atoms with Crippen molar-refractivity contribution >= 4 is 0 Å². The van der Waals surface area contributed by atoms with Crippen molar-refractivity contribution < 1.29 is 4.74 Å². The third-order valence-corrected chi connectivity index (χ3v) is 7.16. The number of benzene rings is 2. The Morgan fingerprint density at radius 3 is 1.46 bits per heavy atom. The van der Waals surface area contributed by atoms with Gasteiger partial charge in [0, 0.05) is 5.56 Å². The number of nitrogens with zero attached hydrogens (tertiary/aromatic N) is 2. The molecule has 37 heavy (non-hydrogen) atoms. The predicted octanol–water partition coefficient (Wildman–Crippen LogP) is 9.92. The van der Waals surface area contributed by atoms with Crippen LogP contribution in [-0.2, 0) is 19.4 Å². The molecule has 0 radical (unpaired) electrons. The monoisotopic (exact) mass is 500 g/mol. The molecule has 0 aliphatic rings. The largest absolute Gasteiger partial charge is 0.486 e. The molecular formula is C34H48N2O. The molecule has 0 bridgehead atoms. The Morgan fingerprint density at radius 2 is 0.946 bits per heavy atom. The molecule has 3 rings (SSSR count). The van der Waals surface area contributed by atoms with E-state index in [0.717, 1.165) is 17.8 Å². The maximum absolute atomic E-state index is 5.94. The predicted molar refractivity (Wildman–Crippen MR) is 157 cm³/mol. The smallest absolute Gasteiger partial charge is 0.159 e. The van der Waals surface area contributed by atoms with Gasteiger partial charge in [0.25, 0.3) is 0 Å². The Hall–Kier alpha value is -2.68. The maximum atomic E-state index is 5.94. The fourth-order valence-electron chi connectivity index (χ4n) is 4.72. The van der Waals surface area contributed by atoms with Crippen molar-refractivity contribution in [1.82, 2.24) is 9.97 Å². The van der Waals surface area contributed by atoms with Crippen LogP contribution >= 0.6 is 0 Å². The van der Waals surface area contributed by atoms with Gasteiger partial charge in [-0.1, -0.05) is 133 Å². The lowest BCUT2D eigenvalue weighted by atomic mass is 10.0. The summed E-state index contributed by atoms with van der Waals surface area (Å²) in [4.78, 5) is 9.07. The van der Waals surface area contributed by atoms with Crippen LogP contribution in [0.3, 0.4) is 0 Å². The van der Waals surface area contributed by atoms with Crippen LogP contribution in [0.5, 0.6) is 5.75 Å². The lowest BCUT2D eigenvalue weighted by Crippen LogP contribution is -1.98. The van der Waals surface area contributed by atoms with Gasteiger partial charge in [-0.3, -0.25) is 0 Å². The first-order valence-corrected chi connectivity index (χ1v) is 14.9. The van der Waals surface area contributed by atoms with Gasteiger partial charge in [-0.25, -0.2) is 9.97 Å². The second-order valence-electron chi connectivity index (χ2n) is 10.4. The van der Waals surface area contributed by atoms with Crippen LogP contribution in [0.2, 0.25) is 0 Å². The number of aryl methyl sites for hydroxylation is 2. The Bertz CT molecular complexity index is 964. The highest BCUT2D eigenvalue weighted by atomic mass is 16.5. The molecule has 2 aromatic carbocycles. The summed E-state index contributed by atoms with van der Waals surface area (Å²) in [6.07, 6.45) is 23.4. The highest BCUT2D eigenvalue weighted by Crippen LogP contribution is 2.19. The van der Waals surface area contributed by atoms with Crippen molar-refractivity contribution in [1.29, 1.82) is 0 Å². The number of hydrogen-bond donors (Lipinski definition) is 0. The number of hydrogen-bond acceptors (Lipinski definition) is 3.